The second kappa shape index (κ2) is 6.58. The molecule has 1 amide bonds. The van der Waals surface area contributed by atoms with Crippen LogP contribution in [0.3, 0.4) is 0 Å². The Hall–Kier alpha value is -2.40. The molecule has 0 aliphatic carbocycles. The van der Waals surface area contributed by atoms with Gasteiger partial charge in [-0.2, -0.15) is 0 Å². The number of carbonyl (C=O) groups is 1. The third-order valence-corrected chi connectivity index (χ3v) is 4.45. The van der Waals surface area contributed by atoms with Gasteiger partial charge in [0.1, 0.15) is 0 Å². The van der Waals surface area contributed by atoms with Gasteiger partial charge >= 0.3 is 0 Å². The lowest BCUT2D eigenvalue weighted by Gasteiger charge is -2.04. The number of benzene rings is 1. The summed E-state index contributed by atoms with van der Waals surface area (Å²) in [5.74, 6) is 0.772. The maximum Gasteiger partial charge on any atom is 0.224 e. The zero-order valence-corrected chi connectivity index (χ0v) is 13.0. The molecule has 0 saturated carbocycles. The molecule has 1 aromatic carbocycles. The van der Waals surface area contributed by atoms with Gasteiger partial charge in [0.25, 0.3) is 0 Å². The molecule has 4 nitrogen and oxygen atoms in total. The molecule has 2 aromatic heterocycles. The Morgan fingerprint density at radius 2 is 2.05 bits per heavy atom. The van der Waals surface area contributed by atoms with Gasteiger partial charge in [0.2, 0.25) is 5.91 Å². The van der Waals surface area contributed by atoms with Crippen molar-refractivity contribution in [2.45, 2.75) is 19.9 Å². The summed E-state index contributed by atoms with van der Waals surface area (Å²) in [6.45, 7) is 2.44. The summed E-state index contributed by atoms with van der Waals surface area (Å²) in [7, 11) is 0. The van der Waals surface area contributed by atoms with Crippen LogP contribution in [0.15, 0.2) is 53.1 Å². The van der Waals surface area contributed by atoms with Crippen molar-refractivity contribution in [1.82, 2.24) is 10.3 Å². The standard InChI is InChI=1S/C17H16N2O2S/c1-12-15(22-17(19-12)14-8-5-9-21-14)11-18-16(20)10-13-6-3-2-4-7-13/h2-9H,10-11H2,1H3,(H,18,20). The van der Waals surface area contributed by atoms with E-state index in [1.807, 2.05) is 49.4 Å². The van der Waals surface area contributed by atoms with E-state index in [2.05, 4.69) is 10.3 Å². The molecular formula is C17H16N2O2S. The average Bonchev–Trinajstić information content (AvgIpc) is 3.16. The molecule has 0 aliphatic rings. The first-order chi connectivity index (χ1) is 10.7. The van der Waals surface area contributed by atoms with E-state index >= 15 is 0 Å². The Labute approximate surface area is 132 Å². The van der Waals surface area contributed by atoms with Crippen molar-refractivity contribution in [3.05, 3.63) is 64.9 Å². The highest BCUT2D eigenvalue weighted by Crippen LogP contribution is 2.28. The SMILES string of the molecule is Cc1nc(-c2ccco2)sc1CNC(=O)Cc1ccccc1. The van der Waals surface area contributed by atoms with Crippen LogP contribution in [0.1, 0.15) is 16.1 Å². The minimum atomic E-state index is 0.0125. The highest BCUT2D eigenvalue weighted by molar-refractivity contribution is 7.15. The number of rotatable bonds is 5. The summed E-state index contributed by atoms with van der Waals surface area (Å²) in [6.07, 6.45) is 2.02. The lowest BCUT2D eigenvalue weighted by atomic mass is 10.1. The van der Waals surface area contributed by atoms with E-state index in [0.29, 0.717) is 13.0 Å². The summed E-state index contributed by atoms with van der Waals surface area (Å²) >= 11 is 1.55. The van der Waals surface area contributed by atoms with Crippen LogP contribution in [0.5, 0.6) is 0 Å². The monoisotopic (exact) mass is 312 g/mol. The van der Waals surface area contributed by atoms with E-state index in [0.717, 1.165) is 26.9 Å². The second-order valence-electron chi connectivity index (χ2n) is 4.94. The van der Waals surface area contributed by atoms with Crippen molar-refractivity contribution in [1.29, 1.82) is 0 Å². The molecular weight excluding hydrogens is 296 g/mol. The van der Waals surface area contributed by atoms with Gasteiger partial charge < -0.3 is 9.73 Å². The largest absolute Gasteiger partial charge is 0.462 e. The molecule has 0 unspecified atom stereocenters. The maximum absolute atomic E-state index is 12.0. The molecule has 22 heavy (non-hydrogen) atoms. The molecule has 3 rings (SSSR count). The Kier molecular flexibility index (Phi) is 4.34. The van der Waals surface area contributed by atoms with Crippen molar-refractivity contribution in [2.24, 2.45) is 0 Å². The summed E-state index contributed by atoms with van der Waals surface area (Å²) in [4.78, 5) is 17.5. The van der Waals surface area contributed by atoms with Crippen LogP contribution >= 0.6 is 11.3 Å². The predicted octanol–water partition coefficient (Wildman–Crippen LogP) is 3.57. The molecule has 0 bridgehead atoms. The molecule has 112 valence electrons. The zero-order chi connectivity index (χ0) is 15.4. The van der Waals surface area contributed by atoms with Crippen LogP contribution in [0, 0.1) is 6.92 Å². The number of hydrogen-bond donors (Lipinski definition) is 1. The van der Waals surface area contributed by atoms with E-state index < -0.39 is 0 Å². The Bertz CT molecular complexity index is 748. The number of amides is 1. The fourth-order valence-corrected chi connectivity index (χ4v) is 3.09. The fourth-order valence-electron chi connectivity index (χ4n) is 2.12. The fraction of sp³-hybridized carbons (Fsp3) is 0.176. The number of aromatic nitrogens is 1. The van der Waals surface area contributed by atoms with Crippen molar-refractivity contribution >= 4 is 17.2 Å². The first kappa shape index (κ1) is 14.5. The average molecular weight is 312 g/mol. The van der Waals surface area contributed by atoms with Gasteiger partial charge in [0.05, 0.1) is 24.9 Å². The first-order valence-electron chi connectivity index (χ1n) is 7.03. The second-order valence-corrected chi connectivity index (χ2v) is 6.03. The predicted molar refractivity (Wildman–Crippen MR) is 86.5 cm³/mol. The van der Waals surface area contributed by atoms with Crippen LogP contribution in [-0.2, 0) is 17.8 Å². The highest BCUT2D eigenvalue weighted by Gasteiger charge is 2.12. The highest BCUT2D eigenvalue weighted by atomic mass is 32.1. The number of carbonyl (C=O) groups excluding carboxylic acids is 1. The summed E-state index contributed by atoms with van der Waals surface area (Å²) in [6, 6.07) is 13.4. The molecule has 0 radical (unpaired) electrons. The molecule has 0 saturated heterocycles. The van der Waals surface area contributed by atoms with Gasteiger partial charge in [-0.25, -0.2) is 4.98 Å². The molecule has 0 aliphatic heterocycles. The number of nitrogens with one attached hydrogen (secondary N) is 1. The van der Waals surface area contributed by atoms with E-state index in [4.69, 9.17) is 4.42 Å². The summed E-state index contributed by atoms with van der Waals surface area (Å²) in [5, 5.41) is 3.79. The number of aryl methyl sites for hydroxylation is 1. The van der Waals surface area contributed by atoms with Gasteiger partial charge in [-0.1, -0.05) is 30.3 Å². The topological polar surface area (TPSA) is 55.1 Å². The Morgan fingerprint density at radius 3 is 2.77 bits per heavy atom. The van der Waals surface area contributed by atoms with E-state index in [1.54, 1.807) is 17.6 Å². The van der Waals surface area contributed by atoms with Crippen LogP contribution in [0.2, 0.25) is 0 Å². The van der Waals surface area contributed by atoms with Crippen molar-refractivity contribution in [2.75, 3.05) is 0 Å². The van der Waals surface area contributed by atoms with Crippen LogP contribution < -0.4 is 5.32 Å². The molecule has 0 spiro atoms. The van der Waals surface area contributed by atoms with Crippen LogP contribution in [-0.4, -0.2) is 10.9 Å². The number of nitrogens with zero attached hydrogens (tertiary/aromatic N) is 1. The van der Waals surface area contributed by atoms with Crippen LogP contribution in [0.25, 0.3) is 10.8 Å². The van der Waals surface area contributed by atoms with E-state index in [-0.39, 0.29) is 5.91 Å². The van der Waals surface area contributed by atoms with Crippen molar-refractivity contribution < 1.29 is 9.21 Å². The third-order valence-electron chi connectivity index (χ3n) is 3.28. The number of furan rings is 1. The molecule has 2 heterocycles. The third kappa shape index (κ3) is 3.43. The molecule has 0 fully saturated rings. The number of thiazole rings is 1. The van der Waals surface area contributed by atoms with Crippen molar-refractivity contribution in [3.63, 3.8) is 0 Å². The minimum absolute atomic E-state index is 0.0125. The lowest BCUT2D eigenvalue weighted by molar-refractivity contribution is -0.120. The van der Waals surface area contributed by atoms with Gasteiger partial charge in [0.15, 0.2) is 10.8 Å². The van der Waals surface area contributed by atoms with E-state index in [9.17, 15) is 4.79 Å². The minimum Gasteiger partial charge on any atom is -0.462 e. The Morgan fingerprint density at radius 1 is 1.23 bits per heavy atom. The van der Waals surface area contributed by atoms with Gasteiger partial charge in [-0.3, -0.25) is 4.79 Å². The first-order valence-corrected chi connectivity index (χ1v) is 7.85. The van der Waals surface area contributed by atoms with Gasteiger partial charge in [-0.05, 0) is 24.6 Å². The molecule has 0 atom stereocenters. The maximum atomic E-state index is 12.0. The normalized spacial score (nSPS) is 10.6. The van der Waals surface area contributed by atoms with Crippen LogP contribution in [0.4, 0.5) is 0 Å². The lowest BCUT2D eigenvalue weighted by Crippen LogP contribution is -2.24. The van der Waals surface area contributed by atoms with Gasteiger partial charge in [-0.15, -0.1) is 11.3 Å². The summed E-state index contributed by atoms with van der Waals surface area (Å²) < 4.78 is 5.35. The Balaban J connectivity index is 1.61. The molecule has 1 N–H and O–H groups in total. The smallest absolute Gasteiger partial charge is 0.224 e. The summed E-state index contributed by atoms with van der Waals surface area (Å²) in [5.41, 5.74) is 1.94. The van der Waals surface area contributed by atoms with Gasteiger partial charge in [0, 0.05) is 4.88 Å². The van der Waals surface area contributed by atoms with Crippen molar-refractivity contribution in [3.8, 4) is 10.8 Å². The quantitative estimate of drug-likeness (QED) is 0.783. The molecule has 3 aromatic rings. The molecule has 5 heteroatoms. The zero-order valence-electron chi connectivity index (χ0n) is 12.2. The number of hydrogen-bond acceptors (Lipinski definition) is 4. The van der Waals surface area contributed by atoms with E-state index in [1.165, 1.54) is 0 Å².